The predicted molar refractivity (Wildman–Crippen MR) is 76.5 cm³/mol. The zero-order valence-corrected chi connectivity index (χ0v) is 12.3. The smallest absolute Gasteiger partial charge is 0.305 e. The molecule has 1 saturated heterocycles. The summed E-state index contributed by atoms with van der Waals surface area (Å²) in [4.78, 5) is 24.9. The number of aliphatic carboxylic acids is 1. The number of carbonyl (C=O) groups excluding carboxylic acids is 1. The van der Waals surface area contributed by atoms with Crippen molar-refractivity contribution in [2.75, 3.05) is 25.5 Å². The Morgan fingerprint density at radius 1 is 1.45 bits per heavy atom. The van der Waals surface area contributed by atoms with Gasteiger partial charge >= 0.3 is 5.97 Å². The molecule has 7 heteroatoms. The van der Waals surface area contributed by atoms with Gasteiger partial charge in [-0.2, -0.15) is 0 Å². The van der Waals surface area contributed by atoms with Crippen molar-refractivity contribution in [2.24, 2.45) is 0 Å². The first-order valence-electron chi connectivity index (χ1n) is 6.14. The largest absolute Gasteiger partial charge is 0.481 e. The van der Waals surface area contributed by atoms with E-state index in [1.165, 1.54) is 0 Å². The number of nitrogen functional groups attached to an aromatic ring is 1. The second-order valence-electron chi connectivity index (χ2n) is 4.60. The summed E-state index contributed by atoms with van der Waals surface area (Å²) in [5.74, 6) is -1.18. The molecule has 0 spiro atoms. The van der Waals surface area contributed by atoms with Crippen LogP contribution in [0.3, 0.4) is 0 Å². The Hall–Kier alpha value is -1.60. The first kappa shape index (κ1) is 14.8. The van der Waals surface area contributed by atoms with Gasteiger partial charge in [0.05, 0.1) is 25.7 Å². The van der Waals surface area contributed by atoms with Gasteiger partial charge in [-0.3, -0.25) is 9.59 Å². The van der Waals surface area contributed by atoms with E-state index in [1.807, 2.05) is 0 Å². The van der Waals surface area contributed by atoms with E-state index in [1.54, 1.807) is 23.1 Å². The van der Waals surface area contributed by atoms with Crippen molar-refractivity contribution in [1.82, 2.24) is 4.90 Å². The summed E-state index contributed by atoms with van der Waals surface area (Å²) in [5, 5.41) is 8.90. The Labute approximate surface area is 124 Å². The molecule has 1 aliphatic heterocycles. The number of hydrogen-bond acceptors (Lipinski definition) is 4. The van der Waals surface area contributed by atoms with Gasteiger partial charge in [0.1, 0.15) is 0 Å². The van der Waals surface area contributed by atoms with E-state index in [0.717, 1.165) is 0 Å². The maximum atomic E-state index is 12.5. The first-order chi connectivity index (χ1) is 9.47. The van der Waals surface area contributed by atoms with Gasteiger partial charge in [0.25, 0.3) is 5.91 Å². The first-order valence-corrected chi connectivity index (χ1v) is 6.93. The van der Waals surface area contributed by atoms with E-state index >= 15 is 0 Å². The lowest BCUT2D eigenvalue weighted by atomic mass is 10.1. The van der Waals surface area contributed by atoms with Crippen LogP contribution in [0.25, 0.3) is 0 Å². The number of nitrogens with zero attached hydrogens (tertiary/aromatic N) is 1. The van der Waals surface area contributed by atoms with Crippen molar-refractivity contribution >= 4 is 33.5 Å². The van der Waals surface area contributed by atoms with E-state index < -0.39 is 12.0 Å². The topological polar surface area (TPSA) is 92.9 Å². The molecule has 1 aliphatic rings. The Morgan fingerprint density at radius 2 is 2.20 bits per heavy atom. The summed E-state index contributed by atoms with van der Waals surface area (Å²) < 4.78 is 5.97. The summed E-state index contributed by atoms with van der Waals surface area (Å²) in [6, 6.07) is 4.51. The van der Waals surface area contributed by atoms with Crippen LogP contribution >= 0.6 is 15.9 Å². The fraction of sp³-hybridized carbons (Fsp3) is 0.385. The molecule has 1 atom stereocenters. The van der Waals surface area contributed by atoms with Crippen LogP contribution in [0.15, 0.2) is 22.7 Å². The number of anilines is 1. The van der Waals surface area contributed by atoms with Crippen LogP contribution in [-0.2, 0) is 9.53 Å². The van der Waals surface area contributed by atoms with Gasteiger partial charge in [-0.15, -0.1) is 0 Å². The van der Waals surface area contributed by atoms with Crippen molar-refractivity contribution in [3.8, 4) is 0 Å². The molecule has 0 radical (unpaired) electrons. The predicted octanol–water partition coefficient (Wildman–Crippen LogP) is 1.35. The van der Waals surface area contributed by atoms with Crippen molar-refractivity contribution in [1.29, 1.82) is 0 Å². The van der Waals surface area contributed by atoms with Gasteiger partial charge in [-0.05, 0) is 18.2 Å². The molecule has 0 bridgehead atoms. The zero-order valence-electron chi connectivity index (χ0n) is 10.7. The highest BCUT2D eigenvalue weighted by atomic mass is 79.9. The molecule has 1 unspecified atom stereocenters. The number of carboxylic acids is 1. The van der Waals surface area contributed by atoms with Gasteiger partial charge < -0.3 is 20.5 Å². The van der Waals surface area contributed by atoms with Gasteiger partial charge in [0, 0.05) is 22.3 Å². The SMILES string of the molecule is Nc1cc(Br)cc(C(=O)N2CCOCC2CC(=O)O)c1. The molecule has 3 N–H and O–H groups in total. The molecule has 2 rings (SSSR count). The van der Waals surface area contributed by atoms with E-state index in [2.05, 4.69) is 15.9 Å². The highest BCUT2D eigenvalue weighted by Gasteiger charge is 2.29. The molecule has 1 fully saturated rings. The lowest BCUT2D eigenvalue weighted by molar-refractivity contribution is -0.139. The van der Waals surface area contributed by atoms with Crippen molar-refractivity contribution in [3.05, 3.63) is 28.2 Å². The number of carboxylic acid groups (broad SMARTS) is 1. The Kier molecular flexibility index (Phi) is 4.61. The molecule has 0 saturated carbocycles. The third-order valence-electron chi connectivity index (χ3n) is 3.07. The molecule has 0 aliphatic carbocycles. The van der Waals surface area contributed by atoms with Crippen LogP contribution in [0.1, 0.15) is 16.8 Å². The number of ether oxygens (including phenoxy) is 1. The Bertz CT molecular complexity index is 515. The molecule has 1 aromatic carbocycles. The van der Waals surface area contributed by atoms with Crippen LogP contribution in [0.2, 0.25) is 0 Å². The molecule has 6 nitrogen and oxygen atoms in total. The Balaban J connectivity index is 2.22. The van der Waals surface area contributed by atoms with E-state index in [9.17, 15) is 9.59 Å². The van der Waals surface area contributed by atoms with Crippen molar-refractivity contribution in [3.63, 3.8) is 0 Å². The summed E-state index contributed by atoms with van der Waals surface area (Å²) in [7, 11) is 0. The lowest BCUT2D eigenvalue weighted by Crippen LogP contribution is -2.49. The van der Waals surface area contributed by atoms with Crippen molar-refractivity contribution in [2.45, 2.75) is 12.5 Å². The van der Waals surface area contributed by atoms with Gasteiger partial charge in [-0.25, -0.2) is 0 Å². The summed E-state index contributed by atoms with van der Waals surface area (Å²) in [6.07, 6.45) is -0.130. The van der Waals surface area contributed by atoms with Crippen LogP contribution in [0.4, 0.5) is 5.69 Å². The fourth-order valence-corrected chi connectivity index (χ4v) is 2.71. The molecule has 1 aromatic rings. The minimum absolute atomic E-state index is 0.130. The van der Waals surface area contributed by atoms with E-state index in [0.29, 0.717) is 28.9 Å². The zero-order chi connectivity index (χ0) is 14.7. The third kappa shape index (κ3) is 3.49. The molecule has 0 aromatic heterocycles. The lowest BCUT2D eigenvalue weighted by Gasteiger charge is -2.35. The number of benzene rings is 1. The molecule has 108 valence electrons. The van der Waals surface area contributed by atoms with Gasteiger partial charge in [-0.1, -0.05) is 15.9 Å². The highest BCUT2D eigenvalue weighted by molar-refractivity contribution is 9.10. The minimum Gasteiger partial charge on any atom is -0.481 e. The summed E-state index contributed by atoms with van der Waals surface area (Å²) >= 11 is 3.29. The average molecular weight is 343 g/mol. The fourth-order valence-electron chi connectivity index (χ4n) is 2.19. The number of hydrogen-bond donors (Lipinski definition) is 2. The molecular formula is C13H15BrN2O4. The molecule has 1 heterocycles. The summed E-state index contributed by atoms with van der Waals surface area (Å²) in [6.45, 7) is 1.02. The van der Waals surface area contributed by atoms with Crippen LogP contribution in [-0.4, -0.2) is 47.7 Å². The van der Waals surface area contributed by atoms with E-state index in [4.69, 9.17) is 15.6 Å². The van der Waals surface area contributed by atoms with Crippen LogP contribution in [0.5, 0.6) is 0 Å². The summed E-state index contributed by atoms with van der Waals surface area (Å²) in [5.41, 5.74) is 6.64. The normalized spacial score (nSPS) is 18.9. The second-order valence-corrected chi connectivity index (χ2v) is 5.51. The minimum atomic E-state index is -0.952. The third-order valence-corrected chi connectivity index (χ3v) is 3.52. The number of morpholine rings is 1. The average Bonchev–Trinajstić information content (AvgIpc) is 2.36. The second kappa shape index (κ2) is 6.23. The number of carbonyl (C=O) groups is 2. The number of nitrogens with two attached hydrogens (primary N) is 1. The standard InChI is InChI=1S/C13H15BrN2O4/c14-9-3-8(4-10(15)5-9)13(19)16-1-2-20-7-11(16)6-12(17)18/h3-5,11H,1-2,6-7,15H2,(H,17,18). The van der Waals surface area contributed by atoms with Crippen LogP contribution < -0.4 is 5.73 Å². The van der Waals surface area contributed by atoms with Crippen LogP contribution in [0, 0.1) is 0 Å². The molecular weight excluding hydrogens is 328 g/mol. The molecule has 20 heavy (non-hydrogen) atoms. The Morgan fingerprint density at radius 3 is 2.85 bits per heavy atom. The molecule has 1 amide bonds. The number of halogens is 1. The maximum absolute atomic E-state index is 12.5. The van der Waals surface area contributed by atoms with E-state index in [-0.39, 0.29) is 18.9 Å². The van der Waals surface area contributed by atoms with Gasteiger partial charge in [0.15, 0.2) is 0 Å². The van der Waals surface area contributed by atoms with Gasteiger partial charge in [0.2, 0.25) is 0 Å². The quantitative estimate of drug-likeness (QED) is 0.808. The van der Waals surface area contributed by atoms with Crippen molar-refractivity contribution < 1.29 is 19.4 Å². The number of amides is 1. The highest BCUT2D eigenvalue weighted by Crippen LogP contribution is 2.21. The number of rotatable bonds is 3. The maximum Gasteiger partial charge on any atom is 0.305 e. The monoisotopic (exact) mass is 342 g/mol.